The molecule has 9 heavy (non-hydrogen) atoms. The Hall–Kier alpha value is 0.150. The standard InChI is InChI=1S/C5H12O3P/c1-2-3-4-5-9(6,7)8/h2H,3-5H2,1H3,(H2,6,7,8). The molecule has 0 aromatic carbocycles. The zero-order valence-corrected chi connectivity index (χ0v) is 6.34. The topological polar surface area (TPSA) is 57.5 Å². The largest absolute Gasteiger partial charge is 0.325 e. The van der Waals surface area contributed by atoms with Crippen molar-refractivity contribution in [2.75, 3.05) is 6.16 Å². The molecule has 0 saturated carbocycles. The van der Waals surface area contributed by atoms with Crippen LogP contribution in [0, 0.1) is 6.42 Å². The van der Waals surface area contributed by atoms with Crippen LogP contribution < -0.4 is 0 Å². The van der Waals surface area contributed by atoms with E-state index in [1.54, 1.807) is 0 Å². The van der Waals surface area contributed by atoms with E-state index < -0.39 is 7.60 Å². The lowest BCUT2D eigenvalue weighted by molar-refractivity contribution is 0.371. The van der Waals surface area contributed by atoms with Crippen molar-refractivity contribution in [3.8, 4) is 0 Å². The van der Waals surface area contributed by atoms with Crippen molar-refractivity contribution in [3.05, 3.63) is 6.42 Å². The normalized spacial score (nSPS) is 11.9. The second-order valence-electron chi connectivity index (χ2n) is 1.94. The Labute approximate surface area is 55.3 Å². The predicted octanol–water partition coefficient (Wildman–Crippen LogP) is 1.17. The summed E-state index contributed by atoms with van der Waals surface area (Å²) in [5.41, 5.74) is 0. The fourth-order valence-corrected chi connectivity index (χ4v) is 1.10. The Kier molecular flexibility index (Phi) is 4.11. The molecule has 3 nitrogen and oxygen atoms in total. The van der Waals surface area contributed by atoms with E-state index >= 15 is 0 Å². The van der Waals surface area contributed by atoms with Crippen LogP contribution in [-0.4, -0.2) is 15.9 Å². The zero-order chi connectivity index (χ0) is 7.33. The molecule has 0 rings (SSSR count). The first-order valence-corrected chi connectivity index (χ1v) is 4.68. The lowest BCUT2D eigenvalue weighted by Gasteiger charge is -2.00. The maximum atomic E-state index is 10.2. The lowest BCUT2D eigenvalue weighted by Crippen LogP contribution is -1.86. The van der Waals surface area contributed by atoms with Crippen LogP contribution >= 0.6 is 7.60 Å². The molecule has 55 valence electrons. The molecule has 4 heteroatoms. The van der Waals surface area contributed by atoms with Crippen LogP contribution in [0.2, 0.25) is 0 Å². The Balaban J connectivity index is 3.18. The molecule has 0 unspecified atom stereocenters. The molecule has 0 aromatic rings. The summed E-state index contributed by atoms with van der Waals surface area (Å²) < 4.78 is 10.2. The van der Waals surface area contributed by atoms with Crippen LogP contribution in [0.5, 0.6) is 0 Å². The van der Waals surface area contributed by atoms with E-state index in [1.807, 2.05) is 13.3 Å². The van der Waals surface area contributed by atoms with Crippen LogP contribution in [0.25, 0.3) is 0 Å². The number of rotatable bonds is 4. The van der Waals surface area contributed by atoms with Gasteiger partial charge in [0.15, 0.2) is 0 Å². The van der Waals surface area contributed by atoms with Crippen molar-refractivity contribution in [1.82, 2.24) is 0 Å². The molecule has 1 radical (unpaired) electrons. The van der Waals surface area contributed by atoms with Crippen molar-refractivity contribution < 1.29 is 14.4 Å². The first kappa shape index (κ1) is 9.15. The molecule has 0 saturated heterocycles. The van der Waals surface area contributed by atoms with Crippen LogP contribution in [0.15, 0.2) is 0 Å². The SMILES string of the molecule is C[CH]CCCP(=O)(O)O. The molecule has 0 fully saturated rings. The Bertz CT molecular complexity index is 107. The van der Waals surface area contributed by atoms with Gasteiger partial charge in [0.1, 0.15) is 0 Å². The van der Waals surface area contributed by atoms with Crippen molar-refractivity contribution in [2.45, 2.75) is 19.8 Å². The van der Waals surface area contributed by atoms with Gasteiger partial charge in [-0.05, 0) is 19.3 Å². The van der Waals surface area contributed by atoms with E-state index in [4.69, 9.17) is 9.79 Å². The fraction of sp³-hybridized carbons (Fsp3) is 0.800. The Morgan fingerprint density at radius 3 is 2.44 bits per heavy atom. The average Bonchev–Trinajstić information content (AvgIpc) is 1.63. The minimum atomic E-state index is -3.72. The third-order valence-electron chi connectivity index (χ3n) is 0.942. The van der Waals surface area contributed by atoms with Gasteiger partial charge in [0, 0.05) is 6.16 Å². The van der Waals surface area contributed by atoms with Gasteiger partial charge >= 0.3 is 7.60 Å². The van der Waals surface area contributed by atoms with E-state index in [1.165, 1.54) is 0 Å². The summed E-state index contributed by atoms with van der Waals surface area (Å²) in [6.45, 7) is 1.87. The van der Waals surface area contributed by atoms with Gasteiger partial charge in [-0.2, -0.15) is 0 Å². The van der Waals surface area contributed by atoms with E-state index in [0.717, 1.165) is 6.42 Å². The fourth-order valence-electron chi connectivity index (χ4n) is 0.501. The summed E-state index contributed by atoms with van der Waals surface area (Å²) in [7, 11) is -3.72. The van der Waals surface area contributed by atoms with Gasteiger partial charge in [0.05, 0.1) is 0 Å². The van der Waals surface area contributed by atoms with E-state index in [9.17, 15) is 4.57 Å². The van der Waals surface area contributed by atoms with Gasteiger partial charge in [-0.15, -0.1) is 0 Å². The first-order valence-electron chi connectivity index (χ1n) is 2.88. The second kappa shape index (κ2) is 4.04. The van der Waals surface area contributed by atoms with Gasteiger partial charge in [-0.3, -0.25) is 4.57 Å². The number of hydrogen-bond donors (Lipinski definition) is 2. The third-order valence-corrected chi connectivity index (χ3v) is 1.84. The highest BCUT2D eigenvalue weighted by atomic mass is 31.2. The summed E-state index contributed by atoms with van der Waals surface area (Å²) >= 11 is 0. The minimum absolute atomic E-state index is 0.0112. The molecule has 0 aromatic heterocycles. The van der Waals surface area contributed by atoms with Gasteiger partial charge in [0.2, 0.25) is 0 Å². The number of hydrogen-bond acceptors (Lipinski definition) is 1. The van der Waals surface area contributed by atoms with Crippen LogP contribution in [0.3, 0.4) is 0 Å². The molecule has 0 heterocycles. The van der Waals surface area contributed by atoms with Crippen LogP contribution in [-0.2, 0) is 4.57 Å². The molecule has 0 bridgehead atoms. The quantitative estimate of drug-likeness (QED) is 0.468. The molecule has 0 aliphatic carbocycles. The molecule has 0 spiro atoms. The predicted molar refractivity (Wildman–Crippen MR) is 36.1 cm³/mol. The first-order chi connectivity index (χ1) is 4.06. The zero-order valence-electron chi connectivity index (χ0n) is 5.45. The molecule has 0 amide bonds. The summed E-state index contributed by atoms with van der Waals surface area (Å²) in [4.78, 5) is 16.7. The molecular weight excluding hydrogens is 139 g/mol. The smallest absolute Gasteiger partial charge is 0.324 e. The second-order valence-corrected chi connectivity index (χ2v) is 3.72. The Morgan fingerprint density at radius 1 is 1.56 bits per heavy atom. The monoisotopic (exact) mass is 151 g/mol. The summed E-state index contributed by atoms with van der Waals surface area (Å²) in [5, 5.41) is 0. The van der Waals surface area contributed by atoms with Crippen molar-refractivity contribution >= 4 is 7.60 Å². The van der Waals surface area contributed by atoms with Gasteiger partial charge < -0.3 is 9.79 Å². The maximum absolute atomic E-state index is 10.2. The van der Waals surface area contributed by atoms with E-state index in [2.05, 4.69) is 0 Å². The van der Waals surface area contributed by atoms with Crippen molar-refractivity contribution in [2.24, 2.45) is 0 Å². The van der Waals surface area contributed by atoms with E-state index in [-0.39, 0.29) is 6.16 Å². The number of unbranched alkanes of at least 4 members (excludes halogenated alkanes) is 2. The minimum Gasteiger partial charge on any atom is -0.324 e. The molecule has 0 aliphatic rings. The van der Waals surface area contributed by atoms with Gasteiger partial charge in [-0.1, -0.05) is 6.92 Å². The summed E-state index contributed by atoms with van der Waals surface area (Å²) in [6.07, 6.45) is 3.28. The highest BCUT2D eigenvalue weighted by molar-refractivity contribution is 7.51. The highest BCUT2D eigenvalue weighted by Crippen LogP contribution is 2.35. The van der Waals surface area contributed by atoms with Crippen molar-refractivity contribution in [3.63, 3.8) is 0 Å². The van der Waals surface area contributed by atoms with Crippen LogP contribution in [0.1, 0.15) is 19.8 Å². The highest BCUT2D eigenvalue weighted by Gasteiger charge is 2.10. The molecule has 2 N–H and O–H groups in total. The molecular formula is C5H12O3P. The third kappa shape index (κ3) is 8.15. The molecule has 0 atom stereocenters. The van der Waals surface area contributed by atoms with Crippen LogP contribution in [0.4, 0.5) is 0 Å². The van der Waals surface area contributed by atoms with Gasteiger partial charge in [-0.25, -0.2) is 0 Å². The maximum Gasteiger partial charge on any atom is 0.325 e. The lowest BCUT2D eigenvalue weighted by atomic mass is 10.3. The van der Waals surface area contributed by atoms with Crippen molar-refractivity contribution in [1.29, 1.82) is 0 Å². The molecule has 0 aliphatic heterocycles. The van der Waals surface area contributed by atoms with E-state index in [0.29, 0.717) is 6.42 Å². The Morgan fingerprint density at radius 2 is 2.11 bits per heavy atom. The van der Waals surface area contributed by atoms with Gasteiger partial charge in [0.25, 0.3) is 0 Å². The summed E-state index contributed by atoms with van der Waals surface area (Å²) in [5.74, 6) is 0. The average molecular weight is 151 g/mol. The summed E-state index contributed by atoms with van der Waals surface area (Å²) in [6, 6.07) is 0.